The Morgan fingerprint density at radius 1 is 1.56 bits per heavy atom. The summed E-state index contributed by atoms with van der Waals surface area (Å²) < 4.78 is 4.85. The summed E-state index contributed by atoms with van der Waals surface area (Å²) in [6.07, 6.45) is 1.62. The molecule has 6 nitrogen and oxygen atoms in total. The normalized spacial score (nSPS) is 9.83. The average molecular weight is 269 g/mol. The van der Waals surface area contributed by atoms with Crippen molar-refractivity contribution in [2.75, 3.05) is 24.2 Å². The van der Waals surface area contributed by atoms with Crippen molar-refractivity contribution in [2.45, 2.75) is 6.92 Å². The Morgan fingerprint density at radius 2 is 2.22 bits per heavy atom. The van der Waals surface area contributed by atoms with E-state index in [1.165, 1.54) is 0 Å². The van der Waals surface area contributed by atoms with Crippen LogP contribution in [0.5, 0.6) is 0 Å². The molecule has 0 unspecified atom stereocenters. The van der Waals surface area contributed by atoms with E-state index in [4.69, 9.17) is 16.2 Å². The zero-order chi connectivity index (χ0) is 13.7. The van der Waals surface area contributed by atoms with Gasteiger partial charge in [0, 0.05) is 6.54 Å². The molecule has 0 aromatic carbocycles. The largest absolute Gasteiger partial charge is 0.462 e. The molecule has 0 aliphatic carbocycles. The molecule has 0 saturated carbocycles. The number of carbonyl (C=O) groups is 2. The van der Waals surface area contributed by atoms with Crippen molar-refractivity contribution in [1.82, 2.24) is 0 Å². The molecule has 0 fully saturated rings. The zero-order valence-electron chi connectivity index (χ0n) is 9.99. The highest BCUT2D eigenvalue weighted by atomic mass is 32.1. The maximum atomic E-state index is 11.6. The predicted octanol–water partition coefficient (Wildman–Crippen LogP) is 1.20. The Balaban J connectivity index is 3.18. The summed E-state index contributed by atoms with van der Waals surface area (Å²) in [6.45, 7) is 5.90. The summed E-state index contributed by atoms with van der Waals surface area (Å²) in [5.74, 6) is -1.25. The lowest BCUT2D eigenvalue weighted by Crippen LogP contribution is -2.15. The first-order valence-corrected chi connectivity index (χ1v) is 6.08. The number of hydrogen-bond acceptors (Lipinski definition) is 6. The minimum atomic E-state index is -0.689. The van der Waals surface area contributed by atoms with Crippen molar-refractivity contribution in [3.63, 3.8) is 0 Å². The van der Waals surface area contributed by atoms with Gasteiger partial charge in [-0.05, 0) is 6.92 Å². The first-order valence-electron chi connectivity index (χ1n) is 5.26. The molecule has 0 aliphatic heterocycles. The van der Waals surface area contributed by atoms with Crippen molar-refractivity contribution in [2.24, 2.45) is 5.73 Å². The monoisotopic (exact) mass is 269 g/mol. The molecule has 18 heavy (non-hydrogen) atoms. The van der Waals surface area contributed by atoms with Gasteiger partial charge in [0.25, 0.3) is 5.91 Å². The first kappa shape index (κ1) is 14.0. The van der Waals surface area contributed by atoms with Gasteiger partial charge in [-0.2, -0.15) is 0 Å². The van der Waals surface area contributed by atoms with Crippen LogP contribution >= 0.6 is 11.3 Å². The summed E-state index contributed by atoms with van der Waals surface area (Å²) in [6, 6.07) is 0. The van der Waals surface area contributed by atoms with E-state index in [-0.39, 0.29) is 22.7 Å². The van der Waals surface area contributed by atoms with Gasteiger partial charge in [-0.1, -0.05) is 6.08 Å². The van der Waals surface area contributed by atoms with Gasteiger partial charge in [0.1, 0.15) is 9.88 Å². The number of nitrogens with two attached hydrogens (primary N) is 2. The van der Waals surface area contributed by atoms with Crippen molar-refractivity contribution in [3.8, 4) is 0 Å². The fourth-order valence-corrected chi connectivity index (χ4v) is 2.35. The van der Waals surface area contributed by atoms with E-state index in [2.05, 4.69) is 11.9 Å². The molecule has 98 valence electrons. The van der Waals surface area contributed by atoms with Crippen LogP contribution in [-0.2, 0) is 4.74 Å². The van der Waals surface area contributed by atoms with Crippen LogP contribution in [0.1, 0.15) is 27.0 Å². The third kappa shape index (κ3) is 2.80. The van der Waals surface area contributed by atoms with Crippen molar-refractivity contribution in [3.05, 3.63) is 23.1 Å². The molecular weight excluding hydrogens is 254 g/mol. The number of anilines is 2. The quantitative estimate of drug-likeness (QED) is 0.531. The van der Waals surface area contributed by atoms with Gasteiger partial charge in [-0.15, -0.1) is 17.9 Å². The van der Waals surface area contributed by atoms with E-state index in [0.29, 0.717) is 11.5 Å². The number of nitrogens with one attached hydrogen (secondary N) is 1. The summed E-state index contributed by atoms with van der Waals surface area (Å²) in [5.41, 5.74) is 11.2. The van der Waals surface area contributed by atoms with Crippen LogP contribution in [0.25, 0.3) is 0 Å². The van der Waals surface area contributed by atoms with Crippen molar-refractivity contribution >= 4 is 33.9 Å². The molecule has 0 bridgehead atoms. The molecule has 0 atom stereocenters. The van der Waals surface area contributed by atoms with Gasteiger partial charge < -0.3 is 21.5 Å². The molecule has 0 aliphatic rings. The molecule has 1 aromatic heterocycles. The second kappa shape index (κ2) is 6.06. The van der Waals surface area contributed by atoms with Gasteiger partial charge in [-0.25, -0.2) is 4.79 Å². The third-order valence-corrected chi connectivity index (χ3v) is 3.20. The number of thiophene rings is 1. The lowest BCUT2D eigenvalue weighted by molar-refractivity contribution is 0.0533. The van der Waals surface area contributed by atoms with Crippen LogP contribution < -0.4 is 16.8 Å². The SMILES string of the molecule is C=CCNc1sc(C(=O)OCC)c(N)c1C(N)=O. The van der Waals surface area contributed by atoms with Crippen LogP contribution in [0.2, 0.25) is 0 Å². The van der Waals surface area contributed by atoms with Crippen LogP contribution in [0.15, 0.2) is 12.7 Å². The summed E-state index contributed by atoms with van der Waals surface area (Å²) in [7, 11) is 0. The predicted molar refractivity (Wildman–Crippen MR) is 71.9 cm³/mol. The second-order valence-corrected chi connectivity index (χ2v) is 4.32. The third-order valence-electron chi connectivity index (χ3n) is 2.06. The highest BCUT2D eigenvalue weighted by molar-refractivity contribution is 7.19. The summed E-state index contributed by atoms with van der Waals surface area (Å²) in [4.78, 5) is 23.1. The molecule has 1 aromatic rings. The number of hydrogen-bond donors (Lipinski definition) is 3. The van der Waals surface area contributed by atoms with Crippen molar-refractivity contribution < 1.29 is 14.3 Å². The number of nitrogen functional groups attached to an aromatic ring is 1. The maximum Gasteiger partial charge on any atom is 0.350 e. The van der Waals surface area contributed by atoms with Crippen LogP contribution in [0.4, 0.5) is 10.7 Å². The van der Waals surface area contributed by atoms with E-state index in [0.717, 1.165) is 11.3 Å². The fourth-order valence-electron chi connectivity index (χ4n) is 1.33. The molecule has 0 spiro atoms. The van der Waals surface area contributed by atoms with Crippen LogP contribution in [-0.4, -0.2) is 25.0 Å². The molecule has 1 heterocycles. The number of ether oxygens (including phenoxy) is 1. The Bertz CT molecular complexity index is 482. The Kier molecular flexibility index (Phi) is 4.73. The molecule has 1 rings (SSSR count). The maximum absolute atomic E-state index is 11.6. The van der Waals surface area contributed by atoms with Gasteiger partial charge in [0.15, 0.2) is 0 Å². The first-order chi connectivity index (χ1) is 8.52. The van der Waals surface area contributed by atoms with Gasteiger partial charge in [-0.3, -0.25) is 4.79 Å². The average Bonchev–Trinajstić information content (AvgIpc) is 2.64. The number of rotatable bonds is 6. The van der Waals surface area contributed by atoms with Crippen LogP contribution in [0, 0.1) is 0 Å². The molecule has 5 N–H and O–H groups in total. The highest BCUT2D eigenvalue weighted by Crippen LogP contribution is 2.35. The van der Waals surface area contributed by atoms with E-state index in [1.807, 2.05) is 0 Å². The number of esters is 1. The summed E-state index contributed by atoms with van der Waals surface area (Å²) in [5, 5.41) is 3.36. The van der Waals surface area contributed by atoms with Gasteiger partial charge in [0.05, 0.1) is 17.9 Å². The lowest BCUT2D eigenvalue weighted by Gasteiger charge is -2.02. The molecule has 0 saturated heterocycles. The van der Waals surface area contributed by atoms with E-state index in [9.17, 15) is 9.59 Å². The van der Waals surface area contributed by atoms with Crippen LogP contribution in [0.3, 0.4) is 0 Å². The lowest BCUT2D eigenvalue weighted by atomic mass is 10.2. The fraction of sp³-hybridized carbons (Fsp3) is 0.273. The summed E-state index contributed by atoms with van der Waals surface area (Å²) >= 11 is 1.04. The molecule has 7 heteroatoms. The standard InChI is InChI=1S/C11H15N3O3S/c1-3-5-14-10-6(9(13)15)7(12)8(18-10)11(16)17-4-2/h3,14H,1,4-5,12H2,2H3,(H2,13,15). The number of amides is 1. The topological polar surface area (TPSA) is 107 Å². The Morgan fingerprint density at radius 3 is 2.72 bits per heavy atom. The highest BCUT2D eigenvalue weighted by Gasteiger charge is 2.24. The number of carbonyl (C=O) groups excluding carboxylic acids is 2. The van der Waals surface area contributed by atoms with Gasteiger partial charge in [0.2, 0.25) is 0 Å². The number of primary amides is 1. The van der Waals surface area contributed by atoms with E-state index in [1.54, 1.807) is 13.0 Å². The molecule has 0 radical (unpaired) electrons. The van der Waals surface area contributed by atoms with Gasteiger partial charge >= 0.3 is 5.97 Å². The van der Waals surface area contributed by atoms with E-state index < -0.39 is 11.9 Å². The van der Waals surface area contributed by atoms with Crippen molar-refractivity contribution in [1.29, 1.82) is 0 Å². The minimum Gasteiger partial charge on any atom is -0.462 e. The Labute approximate surface area is 109 Å². The zero-order valence-corrected chi connectivity index (χ0v) is 10.8. The Hall–Kier alpha value is -2.02. The molecule has 1 amide bonds. The minimum absolute atomic E-state index is 0.0533. The smallest absolute Gasteiger partial charge is 0.350 e. The second-order valence-electron chi connectivity index (χ2n) is 3.30. The molecular formula is C11H15N3O3S. The van der Waals surface area contributed by atoms with E-state index >= 15 is 0 Å².